The van der Waals surface area contributed by atoms with Crippen LogP contribution < -0.4 is 5.73 Å². The number of nitriles is 1. The van der Waals surface area contributed by atoms with Crippen molar-refractivity contribution < 1.29 is 32.5 Å². The number of aromatic nitrogens is 3. The van der Waals surface area contributed by atoms with E-state index in [1.54, 1.807) is 4.52 Å². The van der Waals surface area contributed by atoms with Crippen LogP contribution in [0.2, 0.25) is 0 Å². The molecule has 0 bridgehead atoms. The van der Waals surface area contributed by atoms with Gasteiger partial charge in [-0.25, -0.2) is 13.9 Å². The van der Waals surface area contributed by atoms with Gasteiger partial charge < -0.3 is 33.9 Å². The van der Waals surface area contributed by atoms with Gasteiger partial charge in [0.1, 0.15) is 29.9 Å². The summed E-state index contributed by atoms with van der Waals surface area (Å²) in [5, 5.41) is 13.5. The minimum atomic E-state index is -2.22. The van der Waals surface area contributed by atoms with Gasteiger partial charge >= 0.3 is 8.60 Å². The van der Waals surface area contributed by atoms with Crippen LogP contribution in [0.25, 0.3) is 5.52 Å². The topological polar surface area (TPSA) is 146 Å². The van der Waals surface area contributed by atoms with Crippen LogP contribution >= 0.6 is 8.60 Å². The molecule has 4 atom stereocenters. The van der Waals surface area contributed by atoms with E-state index in [0.29, 0.717) is 18.0 Å². The van der Waals surface area contributed by atoms with Crippen LogP contribution in [0.1, 0.15) is 159 Å². The summed E-state index contributed by atoms with van der Waals surface area (Å²) in [6.07, 6.45) is 22.9. The van der Waals surface area contributed by atoms with E-state index in [9.17, 15) is 14.5 Å². The van der Waals surface area contributed by atoms with Gasteiger partial charge in [0.2, 0.25) is 0 Å². The zero-order chi connectivity index (χ0) is 39.5. The zero-order valence-corrected chi connectivity index (χ0v) is 34.5. The molecule has 1 aliphatic heterocycles. The van der Waals surface area contributed by atoms with Crippen molar-refractivity contribution in [2.24, 2.45) is 0 Å². The lowest BCUT2D eigenvalue weighted by Gasteiger charge is -2.21. The maximum atomic E-state index is 14.4. The summed E-state index contributed by atoms with van der Waals surface area (Å²) in [6, 6.07) is 9.99. The Bertz CT molecular complexity index is 1490. The van der Waals surface area contributed by atoms with Crippen LogP contribution in [0, 0.1) is 17.1 Å². The quantitative estimate of drug-likeness (QED) is 0.0515. The predicted octanol–water partition coefficient (Wildman–Crippen LogP) is 10.7. The number of unbranched alkanes of at least 4 members (excludes halogenated alkanes) is 15. The van der Waals surface area contributed by atoms with Crippen LogP contribution in [-0.4, -0.2) is 58.1 Å². The van der Waals surface area contributed by atoms with Crippen molar-refractivity contribution in [3.63, 3.8) is 0 Å². The normalized spacial score (nSPS) is 16.5. The van der Waals surface area contributed by atoms with Crippen molar-refractivity contribution in [2.45, 2.75) is 161 Å². The SMILES string of the molecule is CC.CCCCCCCCCCCCCCCCCCOCC(COP(O)OCC1CCC(c2ccc3c(N)ncnn23)O1)OCc1cc(C#N)ccc1F. The summed E-state index contributed by atoms with van der Waals surface area (Å²) < 4.78 is 45.5. The third kappa shape index (κ3) is 17.9. The highest BCUT2D eigenvalue weighted by Crippen LogP contribution is 2.38. The van der Waals surface area contributed by atoms with Crippen LogP contribution in [0.15, 0.2) is 36.7 Å². The lowest BCUT2D eigenvalue weighted by molar-refractivity contribution is -0.0499. The molecule has 0 radical (unpaired) electrons. The largest absolute Gasteiger partial charge is 0.382 e. The number of anilines is 1. The molecular formula is C42H67FN5O6P. The summed E-state index contributed by atoms with van der Waals surface area (Å²) in [6.45, 7) is 7.15. The first-order valence-electron chi connectivity index (χ1n) is 20.8. The maximum absolute atomic E-state index is 14.4. The van der Waals surface area contributed by atoms with Gasteiger partial charge in [-0.1, -0.05) is 117 Å². The molecule has 0 amide bonds. The second kappa shape index (κ2) is 28.6. The van der Waals surface area contributed by atoms with E-state index < -0.39 is 20.5 Å². The smallest absolute Gasteiger partial charge is 0.330 e. The molecule has 0 saturated carbocycles. The molecule has 13 heteroatoms. The second-order valence-corrected chi connectivity index (χ2v) is 15.1. The summed E-state index contributed by atoms with van der Waals surface area (Å²) in [5.74, 6) is -0.0506. The standard InChI is InChI=1S/C40H61FN5O6P.C2H6/c1-2-3-4-5-6-7-8-9-10-11-12-13-14-15-16-17-24-48-28-35(49-27-33-25-32(26-42)18-20-36(33)41)30-51-53(47)50-29-34-19-23-39(52-34)37-21-22-38-40(43)44-31-45-46(37)38;1-2/h18,20-22,25,31,34-35,39,47H,2-17,19,23-24,27-30H2,1H3,(H2,43,44,45);1-2H3. The molecule has 1 aromatic carbocycles. The summed E-state index contributed by atoms with van der Waals surface area (Å²) in [5.41, 5.74) is 8.20. The molecule has 3 aromatic rings. The maximum Gasteiger partial charge on any atom is 0.330 e. The molecule has 2 aromatic heterocycles. The van der Waals surface area contributed by atoms with E-state index >= 15 is 0 Å². The monoisotopic (exact) mass is 787 g/mol. The van der Waals surface area contributed by atoms with Crippen LogP contribution in [-0.2, 0) is 29.9 Å². The van der Waals surface area contributed by atoms with Crippen molar-refractivity contribution in [1.29, 1.82) is 5.26 Å². The van der Waals surface area contributed by atoms with Crippen molar-refractivity contribution >= 4 is 19.9 Å². The Morgan fingerprint density at radius 2 is 1.58 bits per heavy atom. The lowest BCUT2D eigenvalue weighted by atomic mass is 10.0. The average Bonchev–Trinajstić information content (AvgIpc) is 3.87. The van der Waals surface area contributed by atoms with Crippen molar-refractivity contribution in [3.8, 4) is 6.07 Å². The average molecular weight is 788 g/mol. The van der Waals surface area contributed by atoms with Gasteiger partial charge in [-0.05, 0) is 49.6 Å². The fraction of sp³-hybridized carbons (Fsp3) is 0.690. The number of hydrogen-bond donors (Lipinski definition) is 2. The number of nitrogens with two attached hydrogens (primary N) is 1. The van der Waals surface area contributed by atoms with E-state index in [0.717, 1.165) is 36.9 Å². The number of nitrogens with zero attached hydrogens (tertiary/aromatic N) is 4. The van der Waals surface area contributed by atoms with Gasteiger partial charge in [0.15, 0.2) is 5.82 Å². The van der Waals surface area contributed by atoms with E-state index in [-0.39, 0.29) is 44.2 Å². The van der Waals surface area contributed by atoms with Gasteiger partial charge in [-0.3, -0.25) is 0 Å². The van der Waals surface area contributed by atoms with Crippen LogP contribution in [0.5, 0.6) is 0 Å². The third-order valence-corrected chi connectivity index (χ3v) is 10.5. The van der Waals surface area contributed by atoms with Crippen molar-refractivity contribution in [2.75, 3.05) is 32.2 Å². The Balaban J connectivity index is 0.00000399. The van der Waals surface area contributed by atoms with Gasteiger partial charge in [-0.15, -0.1) is 0 Å². The molecule has 3 heterocycles. The molecule has 55 heavy (non-hydrogen) atoms. The Hall–Kier alpha value is -2.75. The number of nitrogen functional groups attached to an aromatic ring is 1. The van der Waals surface area contributed by atoms with E-state index in [1.807, 2.05) is 32.0 Å². The fourth-order valence-electron chi connectivity index (χ4n) is 6.67. The second-order valence-electron chi connectivity index (χ2n) is 14.1. The van der Waals surface area contributed by atoms with E-state index in [1.165, 1.54) is 114 Å². The fourth-order valence-corrected chi connectivity index (χ4v) is 7.33. The highest BCUT2D eigenvalue weighted by molar-refractivity contribution is 7.40. The molecule has 1 fully saturated rings. The summed E-state index contributed by atoms with van der Waals surface area (Å²) in [7, 11) is -2.22. The first kappa shape index (κ1) is 46.6. The van der Waals surface area contributed by atoms with Gasteiger partial charge in [0.05, 0.1) is 49.9 Å². The Morgan fingerprint density at radius 1 is 0.927 bits per heavy atom. The summed E-state index contributed by atoms with van der Waals surface area (Å²) >= 11 is 0. The number of fused-ring (bicyclic) bond motifs is 1. The first-order valence-corrected chi connectivity index (χ1v) is 22.0. The lowest BCUT2D eigenvalue weighted by Crippen LogP contribution is -2.26. The van der Waals surface area contributed by atoms with Gasteiger partial charge in [0.25, 0.3) is 0 Å². The molecule has 4 unspecified atom stereocenters. The molecule has 308 valence electrons. The number of halogens is 1. The Morgan fingerprint density at radius 3 is 2.24 bits per heavy atom. The highest BCUT2D eigenvalue weighted by Gasteiger charge is 2.30. The third-order valence-electron chi connectivity index (χ3n) is 9.79. The predicted molar refractivity (Wildman–Crippen MR) is 217 cm³/mol. The van der Waals surface area contributed by atoms with Crippen molar-refractivity contribution in [1.82, 2.24) is 14.6 Å². The van der Waals surface area contributed by atoms with Crippen LogP contribution in [0.3, 0.4) is 0 Å². The minimum Gasteiger partial charge on any atom is -0.382 e. The van der Waals surface area contributed by atoms with Crippen molar-refractivity contribution in [3.05, 3.63) is 59.3 Å². The molecule has 3 N–H and O–H groups in total. The van der Waals surface area contributed by atoms with Gasteiger partial charge in [0, 0.05) is 12.2 Å². The minimum absolute atomic E-state index is 0.00780. The molecule has 1 aliphatic rings. The van der Waals surface area contributed by atoms with E-state index in [2.05, 4.69) is 17.0 Å². The Kier molecular flexibility index (Phi) is 24.3. The highest BCUT2D eigenvalue weighted by atomic mass is 31.2. The molecular weight excluding hydrogens is 720 g/mol. The number of rotatable bonds is 29. The van der Waals surface area contributed by atoms with E-state index in [4.69, 9.17) is 29.0 Å². The molecule has 4 rings (SSSR count). The first-order chi connectivity index (χ1) is 27.0. The number of benzene rings is 1. The van der Waals surface area contributed by atoms with Gasteiger partial charge in [-0.2, -0.15) is 10.4 Å². The zero-order valence-electron chi connectivity index (χ0n) is 33.6. The number of hydrogen-bond acceptors (Lipinski definition) is 10. The van der Waals surface area contributed by atoms with Crippen LogP contribution in [0.4, 0.5) is 10.2 Å². The summed E-state index contributed by atoms with van der Waals surface area (Å²) in [4.78, 5) is 14.6. The molecule has 0 aliphatic carbocycles. The Labute approximate surface area is 330 Å². The molecule has 0 spiro atoms. The molecule has 11 nitrogen and oxygen atoms in total. The number of ether oxygens (including phenoxy) is 3. The molecule has 1 saturated heterocycles.